The molecule has 1 saturated heterocycles. The van der Waals surface area contributed by atoms with Gasteiger partial charge in [0.15, 0.2) is 0 Å². The van der Waals surface area contributed by atoms with Crippen molar-refractivity contribution in [2.24, 2.45) is 5.92 Å². The number of alkyl halides is 2. The zero-order valence-electron chi connectivity index (χ0n) is 9.58. The van der Waals surface area contributed by atoms with Crippen LogP contribution in [0.2, 0.25) is 0 Å². The van der Waals surface area contributed by atoms with Crippen molar-refractivity contribution in [1.82, 2.24) is 4.90 Å². The molecule has 1 aliphatic rings. The van der Waals surface area contributed by atoms with Crippen LogP contribution in [-0.4, -0.2) is 31.2 Å². The fourth-order valence-electron chi connectivity index (χ4n) is 2.18. The number of hydrogen-bond acceptors (Lipinski definition) is 1. The van der Waals surface area contributed by atoms with Gasteiger partial charge >= 0.3 is 0 Å². The summed E-state index contributed by atoms with van der Waals surface area (Å²) in [6, 6.07) is 8.16. The Hall–Kier alpha value is -0.120. The molecule has 0 aromatic heterocycles. The van der Waals surface area contributed by atoms with Gasteiger partial charge in [0, 0.05) is 30.0 Å². The molecule has 1 aromatic carbocycles. The van der Waals surface area contributed by atoms with Crippen molar-refractivity contribution >= 4 is 27.5 Å². The average molecular weight is 321 g/mol. The molecule has 0 N–H and O–H groups in total. The van der Waals surface area contributed by atoms with Crippen LogP contribution in [0.25, 0.3) is 0 Å². The standard InChI is InChI=1S/C13H16BrClFN/c14-12-4-2-10(3-5-12)13(15)11-8-17(9-11)7-1-6-16/h2-5,11,13H,1,6-9H2. The average Bonchev–Trinajstić information content (AvgIpc) is 2.28. The SMILES string of the molecule is FCCCN1CC(C(Cl)c2ccc(Br)cc2)C1. The summed E-state index contributed by atoms with van der Waals surface area (Å²) < 4.78 is 13.1. The molecule has 0 saturated carbocycles. The van der Waals surface area contributed by atoms with E-state index in [0.29, 0.717) is 12.3 Å². The molecule has 1 fully saturated rings. The van der Waals surface area contributed by atoms with Gasteiger partial charge in [-0.05, 0) is 24.1 Å². The molecule has 0 spiro atoms. The van der Waals surface area contributed by atoms with E-state index in [1.165, 1.54) is 5.56 Å². The molecule has 0 amide bonds. The van der Waals surface area contributed by atoms with Crippen LogP contribution in [0.3, 0.4) is 0 Å². The predicted octanol–water partition coefficient (Wildman–Crippen LogP) is 4.02. The zero-order valence-corrected chi connectivity index (χ0v) is 11.9. The Kier molecular flexibility index (Phi) is 4.83. The molecule has 0 aliphatic carbocycles. The summed E-state index contributed by atoms with van der Waals surface area (Å²) in [7, 11) is 0. The maximum Gasteiger partial charge on any atom is 0.0906 e. The summed E-state index contributed by atoms with van der Waals surface area (Å²) in [6.07, 6.45) is 0.637. The summed E-state index contributed by atoms with van der Waals surface area (Å²) in [5, 5.41) is 0.0738. The molecule has 17 heavy (non-hydrogen) atoms. The van der Waals surface area contributed by atoms with Crippen molar-refractivity contribution in [3.8, 4) is 0 Å². The number of likely N-dealkylation sites (tertiary alicyclic amines) is 1. The van der Waals surface area contributed by atoms with Crippen molar-refractivity contribution in [3.63, 3.8) is 0 Å². The lowest BCUT2D eigenvalue weighted by Crippen LogP contribution is -2.48. The van der Waals surface area contributed by atoms with Crippen molar-refractivity contribution in [2.75, 3.05) is 26.3 Å². The number of hydrogen-bond donors (Lipinski definition) is 0. The maximum absolute atomic E-state index is 12.0. The van der Waals surface area contributed by atoms with Crippen LogP contribution in [0.15, 0.2) is 28.7 Å². The van der Waals surface area contributed by atoms with Crippen molar-refractivity contribution in [2.45, 2.75) is 11.8 Å². The summed E-state index contributed by atoms with van der Waals surface area (Å²) in [6.45, 7) is 2.61. The van der Waals surface area contributed by atoms with Crippen LogP contribution in [0.4, 0.5) is 4.39 Å². The summed E-state index contributed by atoms with van der Waals surface area (Å²) in [5.41, 5.74) is 1.17. The van der Waals surface area contributed by atoms with Crippen molar-refractivity contribution in [3.05, 3.63) is 34.3 Å². The summed E-state index contributed by atoms with van der Waals surface area (Å²) in [4.78, 5) is 2.26. The maximum atomic E-state index is 12.0. The molecular weight excluding hydrogens is 305 g/mol. The fourth-order valence-corrected chi connectivity index (χ4v) is 2.75. The lowest BCUT2D eigenvalue weighted by molar-refractivity contribution is 0.0935. The van der Waals surface area contributed by atoms with E-state index in [9.17, 15) is 4.39 Å². The minimum absolute atomic E-state index is 0.0738. The highest BCUT2D eigenvalue weighted by molar-refractivity contribution is 9.10. The van der Waals surface area contributed by atoms with E-state index in [4.69, 9.17) is 11.6 Å². The van der Waals surface area contributed by atoms with E-state index in [1.54, 1.807) is 0 Å². The second kappa shape index (κ2) is 6.17. The van der Waals surface area contributed by atoms with E-state index in [-0.39, 0.29) is 12.1 Å². The molecular formula is C13H16BrClFN. The van der Waals surface area contributed by atoms with Gasteiger partial charge in [-0.15, -0.1) is 11.6 Å². The van der Waals surface area contributed by atoms with E-state index in [2.05, 4.69) is 33.0 Å². The Balaban J connectivity index is 1.82. The third kappa shape index (κ3) is 3.43. The molecule has 2 rings (SSSR count). The van der Waals surface area contributed by atoms with Crippen LogP contribution in [0, 0.1) is 5.92 Å². The highest BCUT2D eigenvalue weighted by atomic mass is 79.9. The van der Waals surface area contributed by atoms with Crippen molar-refractivity contribution in [1.29, 1.82) is 0 Å². The van der Waals surface area contributed by atoms with Crippen LogP contribution in [-0.2, 0) is 0 Å². The minimum atomic E-state index is -0.224. The molecule has 0 radical (unpaired) electrons. The van der Waals surface area contributed by atoms with Gasteiger partial charge in [-0.1, -0.05) is 28.1 Å². The van der Waals surface area contributed by atoms with Crippen LogP contribution < -0.4 is 0 Å². The fraction of sp³-hybridized carbons (Fsp3) is 0.538. The largest absolute Gasteiger partial charge is 0.302 e. The minimum Gasteiger partial charge on any atom is -0.302 e. The van der Waals surface area contributed by atoms with E-state index in [1.807, 2.05) is 12.1 Å². The first-order chi connectivity index (χ1) is 8.20. The Morgan fingerprint density at radius 1 is 1.35 bits per heavy atom. The molecule has 1 aliphatic heterocycles. The molecule has 1 unspecified atom stereocenters. The van der Waals surface area contributed by atoms with Crippen LogP contribution >= 0.6 is 27.5 Å². The Morgan fingerprint density at radius 2 is 2.00 bits per heavy atom. The molecule has 94 valence electrons. The normalized spacial score (nSPS) is 19.0. The van der Waals surface area contributed by atoms with Crippen molar-refractivity contribution < 1.29 is 4.39 Å². The number of rotatable bonds is 5. The van der Waals surface area contributed by atoms with Gasteiger partial charge in [0.1, 0.15) is 0 Å². The Bertz CT molecular complexity index is 351. The van der Waals surface area contributed by atoms with Crippen LogP contribution in [0.5, 0.6) is 0 Å². The lowest BCUT2D eigenvalue weighted by Gasteiger charge is -2.41. The number of benzene rings is 1. The third-order valence-electron chi connectivity index (χ3n) is 3.20. The second-order valence-electron chi connectivity index (χ2n) is 4.52. The zero-order chi connectivity index (χ0) is 12.3. The van der Waals surface area contributed by atoms with Gasteiger partial charge in [-0.3, -0.25) is 4.39 Å². The molecule has 0 bridgehead atoms. The van der Waals surface area contributed by atoms with E-state index < -0.39 is 0 Å². The van der Waals surface area contributed by atoms with Gasteiger partial charge in [0.05, 0.1) is 12.1 Å². The van der Waals surface area contributed by atoms with Gasteiger partial charge in [-0.2, -0.15) is 0 Å². The number of halogens is 3. The molecule has 1 aromatic rings. The first-order valence-corrected chi connectivity index (χ1v) is 7.11. The Labute approximate surface area is 115 Å². The molecule has 4 heteroatoms. The third-order valence-corrected chi connectivity index (χ3v) is 4.33. The highest BCUT2D eigenvalue weighted by Crippen LogP contribution is 2.35. The van der Waals surface area contributed by atoms with Gasteiger partial charge in [0.2, 0.25) is 0 Å². The predicted molar refractivity (Wildman–Crippen MR) is 73.3 cm³/mol. The van der Waals surface area contributed by atoms with Gasteiger partial charge < -0.3 is 4.90 Å². The smallest absolute Gasteiger partial charge is 0.0906 e. The molecule has 1 nitrogen and oxygen atoms in total. The quantitative estimate of drug-likeness (QED) is 0.741. The van der Waals surface area contributed by atoms with Crippen LogP contribution in [0.1, 0.15) is 17.4 Å². The first kappa shape index (κ1) is 13.3. The first-order valence-electron chi connectivity index (χ1n) is 5.88. The molecule has 1 heterocycles. The second-order valence-corrected chi connectivity index (χ2v) is 5.90. The summed E-state index contributed by atoms with van der Waals surface area (Å²) >= 11 is 9.86. The topological polar surface area (TPSA) is 3.24 Å². The number of nitrogens with zero attached hydrogens (tertiary/aromatic N) is 1. The van der Waals surface area contributed by atoms with E-state index >= 15 is 0 Å². The monoisotopic (exact) mass is 319 g/mol. The van der Waals surface area contributed by atoms with Gasteiger partial charge in [-0.25, -0.2) is 0 Å². The summed E-state index contributed by atoms with van der Waals surface area (Å²) in [5.74, 6) is 0.498. The van der Waals surface area contributed by atoms with E-state index in [0.717, 1.165) is 24.1 Å². The highest BCUT2D eigenvalue weighted by Gasteiger charge is 2.32. The molecule has 1 atom stereocenters. The van der Waals surface area contributed by atoms with Gasteiger partial charge in [0.25, 0.3) is 0 Å². The Morgan fingerprint density at radius 3 is 2.59 bits per heavy atom. The lowest BCUT2D eigenvalue weighted by atomic mass is 9.91.